The summed E-state index contributed by atoms with van der Waals surface area (Å²) in [4.78, 5) is 0. The minimum Gasteiger partial charge on any atom is -0.493 e. The van der Waals surface area contributed by atoms with Crippen molar-refractivity contribution in [3.05, 3.63) is 23.8 Å². The van der Waals surface area contributed by atoms with Crippen LogP contribution in [0.15, 0.2) is 18.2 Å². The lowest BCUT2D eigenvalue weighted by Gasteiger charge is -2.15. The van der Waals surface area contributed by atoms with Crippen molar-refractivity contribution >= 4 is 0 Å². The Bertz CT molecular complexity index is 391. The second kappa shape index (κ2) is 10.5. The molecule has 1 aromatic carbocycles. The lowest BCUT2D eigenvalue weighted by Crippen LogP contribution is -2.22. The van der Waals surface area contributed by atoms with Crippen LogP contribution in [0.5, 0.6) is 11.5 Å². The van der Waals surface area contributed by atoms with Gasteiger partial charge in [0, 0.05) is 24.2 Å². The first kappa shape index (κ1) is 17.8. The van der Waals surface area contributed by atoms with Crippen molar-refractivity contribution in [3.8, 4) is 11.5 Å². The van der Waals surface area contributed by atoms with E-state index in [9.17, 15) is 0 Å². The molecule has 0 saturated carbocycles. The summed E-state index contributed by atoms with van der Waals surface area (Å²) in [7, 11) is 0. The zero-order valence-corrected chi connectivity index (χ0v) is 14.1. The SMILES string of the molecule is CCCCCOc1cc(OCCC)ccc1CNC(C)C. The molecule has 0 bridgehead atoms. The van der Waals surface area contributed by atoms with Crippen LogP contribution in [0.1, 0.15) is 58.9 Å². The summed E-state index contributed by atoms with van der Waals surface area (Å²) in [5.74, 6) is 1.85. The van der Waals surface area contributed by atoms with Gasteiger partial charge in [-0.15, -0.1) is 0 Å². The van der Waals surface area contributed by atoms with Crippen molar-refractivity contribution in [3.63, 3.8) is 0 Å². The van der Waals surface area contributed by atoms with Crippen LogP contribution in [0.3, 0.4) is 0 Å². The highest BCUT2D eigenvalue weighted by Crippen LogP contribution is 2.25. The predicted molar refractivity (Wildman–Crippen MR) is 89.2 cm³/mol. The third-order valence-corrected chi connectivity index (χ3v) is 3.22. The molecule has 0 heterocycles. The normalized spacial score (nSPS) is 10.9. The number of ether oxygens (including phenoxy) is 2. The maximum Gasteiger partial charge on any atom is 0.127 e. The van der Waals surface area contributed by atoms with E-state index < -0.39 is 0 Å². The van der Waals surface area contributed by atoms with Gasteiger partial charge < -0.3 is 14.8 Å². The molecular weight excluding hydrogens is 262 g/mol. The Balaban J connectivity index is 2.69. The summed E-state index contributed by atoms with van der Waals surface area (Å²) in [6.07, 6.45) is 4.55. The van der Waals surface area contributed by atoms with E-state index in [2.05, 4.69) is 39.1 Å². The summed E-state index contributed by atoms with van der Waals surface area (Å²) in [5, 5.41) is 3.45. The first-order chi connectivity index (χ1) is 10.2. The van der Waals surface area contributed by atoms with Gasteiger partial charge in [0.25, 0.3) is 0 Å². The third kappa shape index (κ3) is 7.37. The predicted octanol–water partition coefficient (Wildman–Crippen LogP) is 4.54. The smallest absolute Gasteiger partial charge is 0.127 e. The molecule has 3 nitrogen and oxygen atoms in total. The third-order valence-electron chi connectivity index (χ3n) is 3.22. The van der Waals surface area contributed by atoms with Crippen molar-refractivity contribution in [2.45, 2.75) is 66.0 Å². The number of rotatable bonds is 11. The second-order valence-electron chi connectivity index (χ2n) is 5.71. The van der Waals surface area contributed by atoms with Crippen LogP contribution in [0.4, 0.5) is 0 Å². The van der Waals surface area contributed by atoms with Gasteiger partial charge in [0.05, 0.1) is 13.2 Å². The Kier molecular flexibility index (Phi) is 8.91. The summed E-state index contributed by atoms with van der Waals surface area (Å²) in [5.41, 5.74) is 1.20. The molecule has 1 rings (SSSR count). The van der Waals surface area contributed by atoms with E-state index in [1.807, 2.05) is 12.1 Å². The Morgan fingerprint density at radius 1 is 1.00 bits per heavy atom. The lowest BCUT2D eigenvalue weighted by atomic mass is 10.1. The highest BCUT2D eigenvalue weighted by atomic mass is 16.5. The van der Waals surface area contributed by atoms with Crippen molar-refractivity contribution in [2.75, 3.05) is 13.2 Å². The summed E-state index contributed by atoms with van der Waals surface area (Å²) in [6, 6.07) is 6.63. The molecule has 0 spiro atoms. The van der Waals surface area contributed by atoms with Gasteiger partial charge in [-0.05, 0) is 18.9 Å². The van der Waals surface area contributed by atoms with Gasteiger partial charge in [0.15, 0.2) is 0 Å². The number of nitrogens with one attached hydrogen (secondary N) is 1. The van der Waals surface area contributed by atoms with Gasteiger partial charge in [-0.25, -0.2) is 0 Å². The van der Waals surface area contributed by atoms with Gasteiger partial charge in [-0.1, -0.05) is 46.6 Å². The molecule has 0 aliphatic rings. The van der Waals surface area contributed by atoms with E-state index in [4.69, 9.17) is 9.47 Å². The van der Waals surface area contributed by atoms with Crippen LogP contribution < -0.4 is 14.8 Å². The molecule has 0 aliphatic carbocycles. The zero-order valence-electron chi connectivity index (χ0n) is 14.1. The number of hydrogen-bond donors (Lipinski definition) is 1. The number of unbranched alkanes of at least 4 members (excludes halogenated alkanes) is 2. The van der Waals surface area contributed by atoms with Gasteiger partial charge >= 0.3 is 0 Å². The molecule has 0 unspecified atom stereocenters. The van der Waals surface area contributed by atoms with Crippen LogP contribution >= 0.6 is 0 Å². The summed E-state index contributed by atoms with van der Waals surface area (Å²) in [6.45, 7) is 11.0. The van der Waals surface area contributed by atoms with E-state index in [1.54, 1.807) is 0 Å². The van der Waals surface area contributed by atoms with E-state index in [0.717, 1.165) is 44.1 Å². The van der Waals surface area contributed by atoms with E-state index in [0.29, 0.717) is 6.04 Å². The first-order valence-electron chi connectivity index (χ1n) is 8.29. The molecule has 0 aliphatic heterocycles. The lowest BCUT2D eigenvalue weighted by molar-refractivity contribution is 0.292. The van der Waals surface area contributed by atoms with E-state index in [1.165, 1.54) is 18.4 Å². The monoisotopic (exact) mass is 293 g/mol. The van der Waals surface area contributed by atoms with Crippen molar-refractivity contribution in [2.24, 2.45) is 0 Å². The molecular formula is C18H31NO2. The van der Waals surface area contributed by atoms with Crippen molar-refractivity contribution in [1.29, 1.82) is 0 Å². The molecule has 3 heteroatoms. The first-order valence-corrected chi connectivity index (χ1v) is 8.29. The van der Waals surface area contributed by atoms with Crippen molar-refractivity contribution in [1.82, 2.24) is 5.32 Å². The van der Waals surface area contributed by atoms with Crippen LogP contribution in [-0.4, -0.2) is 19.3 Å². The van der Waals surface area contributed by atoms with Crippen LogP contribution in [0.25, 0.3) is 0 Å². The average molecular weight is 293 g/mol. The molecule has 0 atom stereocenters. The maximum atomic E-state index is 5.97. The molecule has 0 fully saturated rings. The topological polar surface area (TPSA) is 30.5 Å². The van der Waals surface area contributed by atoms with Gasteiger partial charge in [-0.3, -0.25) is 0 Å². The minimum absolute atomic E-state index is 0.467. The van der Waals surface area contributed by atoms with Crippen LogP contribution in [0, 0.1) is 0 Å². The van der Waals surface area contributed by atoms with E-state index in [-0.39, 0.29) is 0 Å². The molecule has 0 aromatic heterocycles. The van der Waals surface area contributed by atoms with Gasteiger partial charge in [-0.2, -0.15) is 0 Å². The molecule has 1 aromatic rings. The molecule has 1 N–H and O–H groups in total. The standard InChI is InChI=1S/C18H31NO2/c1-5-7-8-12-21-18-13-17(20-11-6-2)10-9-16(18)14-19-15(3)4/h9-10,13,15,19H,5-8,11-12,14H2,1-4H3. The quantitative estimate of drug-likeness (QED) is 0.607. The Hall–Kier alpha value is -1.22. The molecule has 21 heavy (non-hydrogen) atoms. The van der Waals surface area contributed by atoms with Gasteiger partial charge in [0.1, 0.15) is 11.5 Å². The molecule has 0 radical (unpaired) electrons. The summed E-state index contributed by atoms with van der Waals surface area (Å²) < 4.78 is 11.7. The molecule has 0 amide bonds. The Labute approximate surface area is 130 Å². The second-order valence-corrected chi connectivity index (χ2v) is 5.71. The number of hydrogen-bond acceptors (Lipinski definition) is 3. The maximum absolute atomic E-state index is 5.97. The fourth-order valence-electron chi connectivity index (χ4n) is 1.97. The minimum atomic E-state index is 0.467. The Morgan fingerprint density at radius 3 is 2.48 bits per heavy atom. The van der Waals surface area contributed by atoms with Crippen LogP contribution in [-0.2, 0) is 6.54 Å². The largest absolute Gasteiger partial charge is 0.493 e. The average Bonchev–Trinajstić information content (AvgIpc) is 2.48. The highest BCUT2D eigenvalue weighted by Gasteiger charge is 2.07. The number of benzene rings is 1. The van der Waals surface area contributed by atoms with Crippen LogP contribution in [0.2, 0.25) is 0 Å². The van der Waals surface area contributed by atoms with Crippen molar-refractivity contribution < 1.29 is 9.47 Å². The molecule has 120 valence electrons. The zero-order chi connectivity index (χ0) is 15.5. The fraction of sp³-hybridized carbons (Fsp3) is 0.667. The Morgan fingerprint density at radius 2 is 1.81 bits per heavy atom. The van der Waals surface area contributed by atoms with E-state index >= 15 is 0 Å². The fourth-order valence-corrected chi connectivity index (χ4v) is 1.97. The summed E-state index contributed by atoms with van der Waals surface area (Å²) >= 11 is 0. The molecule has 0 saturated heterocycles. The highest BCUT2D eigenvalue weighted by molar-refractivity contribution is 5.40. The van der Waals surface area contributed by atoms with Gasteiger partial charge in [0.2, 0.25) is 0 Å².